The van der Waals surface area contributed by atoms with Gasteiger partial charge in [0.25, 0.3) is 0 Å². The molecule has 1 atom stereocenters. The van der Waals surface area contributed by atoms with Crippen LogP contribution < -0.4 is 10.6 Å². The minimum atomic E-state index is -0.499. The number of urea groups is 1. The summed E-state index contributed by atoms with van der Waals surface area (Å²) >= 11 is 12.0. The Kier molecular flexibility index (Phi) is 6.09. The molecule has 0 aliphatic heterocycles. The van der Waals surface area contributed by atoms with E-state index in [1.54, 1.807) is 18.2 Å². The monoisotopic (exact) mass is 342 g/mol. The standard InChI is InChI=1S/C16H20Cl2N2O2/c1-19-16(22)20-15(21)12(8-10-4-2-3-5-10)11-6-7-13(17)14(18)9-11/h6-7,9-10,12H,2-5,8H2,1H3,(H2,19,20,21,22)/t12-/m0/s1. The molecule has 6 heteroatoms. The maximum absolute atomic E-state index is 12.4. The number of imide groups is 1. The predicted molar refractivity (Wildman–Crippen MR) is 88.4 cm³/mol. The first-order valence-electron chi connectivity index (χ1n) is 7.48. The highest BCUT2D eigenvalue weighted by Gasteiger charge is 2.27. The lowest BCUT2D eigenvalue weighted by Crippen LogP contribution is -2.40. The maximum atomic E-state index is 12.4. The Balaban J connectivity index is 2.20. The zero-order valence-corrected chi connectivity index (χ0v) is 14.0. The highest BCUT2D eigenvalue weighted by molar-refractivity contribution is 6.42. The number of hydrogen-bond acceptors (Lipinski definition) is 2. The molecule has 1 aliphatic carbocycles. The molecule has 22 heavy (non-hydrogen) atoms. The Labute approximate surface area is 140 Å². The molecule has 2 rings (SSSR count). The summed E-state index contributed by atoms with van der Waals surface area (Å²) in [5.74, 6) is -0.185. The topological polar surface area (TPSA) is 58.2 Å². The Bertz CT molecular complexity index is 557. The Hall–Kier alpha value is -1.26. The van der Waals surface area contributed by atoms with Crippen molar-refractivity contribution < 1.29 is 9.59 Å². The largest absolute Gasteiger partial charge is 0.341 e. The van der Waals surface area contributed by atoms with Crippen molar-refractivity contribution in [1.29, 1.82) is 0 Å². The second-order valence-electron chi connectivity index (χ2n) is 5.68. The summed E-state index contributed by atoms with van der Waals surface area (Å²) in [7, 11) is 1.48. The highest BCUT2D eigenvalue weighted by atomic mass is 35.5. The van der Waals surface area contributed by atoms with Gasteiger partial charge in [0.05, 0.1) is 16.0 Å². The summed E-state index contributed by atoms with van der Waals surface area (Å²) in [6, 6.07) is 4.71. The molecule has 3 amide bonds. The number of halogens is 2. The Morgan fingerprint density at radius 3 is 2.50 bits per heavy atom. The average Bonchev–Trinajstić information content (AvgIpc) is 3.00. The van der Waals surface area contributed by atoms with E-state index in [1.165, 1.54) is 19.9 Å². The summed E-state index contributed by atoms with van der Waals surface area (Å²) < 4.78 is 0. The summed E-state index contributed by atoms with van der Waals surface area (Å²) in [6.45, 7) is 0. The van der Waals surface area contributed by atoms with Crippen molar-refractivity contribution in [3.05, 3.63) is 33.8 Å². The van der Waals surface area contributed by atoms with Crippen LogP contribution in [0.25, 0.3) is 0 Å². The molecule has 2 N–H and O–H groups in total. The van der Waals surface area contributed by atoms with Gasteiger partial charge in [0.2, 0.25) is 5.91 Å². The van der Waals surface area contributed by atoms with Gasteiger partial charge in [0.15, 0.2) is 0 Å². The first-order valence-corrected chi connectivity index (χ1v) is 8.24. The molecule has 0 heterocycles. The van der Waals surface area contributed by atoms with Crippen LogP contribution in [0.2, 0.25) is 10.0 Å². The van der Waals surface area contributed by atoms with Crippen molar-refractivity contribution in [2.45, 2.75) is 38.0 Å². The van der Waals surface area contributed by atoms with E-state index in [1.807, 2.05) is 0 Å². The molecule has 4 nitrogen and oxygen atoms in total. The van der Waals surface area contributed by atoms with Gasteiger partial charge in [0, 0.05) is 7.05 Å². The molecule has 1 aliphatic rings. The average molecular weight is 343 g/mol. The third-order valence-corrected chi connectivity index (χ3v) is 4.91. The third-order valence-electron chi connectivity index (χ3n) is 4.17. The predicted octanol–water partition coefficient (Wildman–Crippen LogP) is 4.11. The van der Waals surface area contributed by atoms with Gasteiger partial charge >= 0.3 is 6.03 Å². The zero-order chi connectivity index (χ0) is 16.1. The zero-order valence-electron chi connectivity index (χ0n) is 12.5. The number of amides is 3. The summed E-state index contributed by atoms with van der Waals surface area (Å²) in [4.78, 5) is 23.9. The SMILES string of the molecule is CNC(=O)NC(=O)[C@@H](CC1CCCC1)c1ccc(Cl)c(Cl)c1. The normalized spacial score (nSPS) is 16.3. The van der Waals surface area contributed by atoms with Crippen LogP contribution in [0.15, 0.2) is 18.2 Å². The van der Waals surface area contributed by atoms with E-state index in [2.05, 4.69) is 10.6 Å². The van der Waals surface area contributed by atoms with Crippen LogP contribution >= 0.6 is 23.2 Å². The molecule has 0 unspecified atom stereocenters. The number of carbonyl (C=O) groups is 2. The molecular weight excluding hydrogens is 323 g/mol. The minimum absolute atomic E-state index is 0.301. The number of nitrogens with one attached hydrogen (secondary N) is 2. The van der Waals surface area contributed by atoms with Gasteiger partial charge in [-0.05, 0) is 30.0 Å². The molecule has 1 saturated carbocycles. The van der Waals surface area contributed by atoms with Crippen molar-refractivity contribution >= 4 is 35.1 Å². The lowest BCUT2D eigenvalue weighted by atomic mass is 9.87. The van der Waals surface area contributed by atoms with Gasteiger partial charge in [-0.3, -0.25) is 10.1 Å². The smallest absolute Gasteiger partial charge is 0.321 e. The molecule has 120 valence electrons. The fourth-order valence-corrected chi connectivity index (χ4v) is 3.27. The molecule has 0 radical (unpaired) electrons. The molecule has 1 aromatic carbocycles. The van der Waals surface area contributed by atoms with Crippen LogP contribution in [-0.2, 0) is 4.79 Å². The number of rotatable bonds is 4. The number of benzene rings is 1. The van der Waals surface area contributed by atoms with E-state index in [9.17, 15) is 9.59 Å². The lowest BCUT2D eigenvalue weighted by molar-refractivity contribution is -0.121. The van der Waals surface area contributed by atoms with Crippen LogP contribution in [0.4, 0.5) is 4.79 Å². The summed E-state index contributed by atoms with van der Waals surface area (Å²) in [5, 5.41) is 5.64. The molecule has 1 aromatic rings. The second kappa shape index (κ2) is 7.84. The Morgan fingerprint density at radius 1 is 1.23 bits per heavy atom. The molecule has 0 saturated heterocycles. The second-order valence-corrected chi connectivity index (χ2v) is 6.50. The minimum Gasteiger partial charge on any atom is -0.341 e. The van der Waals surface area contributed by atoms with Crippen LogP contribution in [0.1, 0.15) is 43.6 Å². The van der Waals surface area contributed by atoms with Crippen LogP contribution in [-0.4, -0.2) is 19.0 Å². The lowest BCUT2D eigenvalue weighted by Gasteiger charge is -2.20. The fourth-order valence-electron chi connectivity index (χ4n) is 2.96. The van der Waals surface area contributed by atoms with E-state index in [0.717, 1.165) is 24.8 Å². The first-order chi connectivity index (χ1) is 10.5. The van der Waals surface area contributed by atoms with E-state index < -0.39 is 11.9 Å². The van der Waals surface area contributed by atoms with Crippen LogP contribution in [0.3, 0.4) is 0 Å². The highest BCUT2D eigenvalue weighted by Crippen LogP contribution is 2.36. The fraction of sp³-hybridized carbons (Fsp3) is 0.500. The molecular formula is C16H20Cl2N2O2. The van der Waals surface area contributed by atoms with Gasteiger partial charge in [0.1, 0.15) is 0 Å². The quantitative estimate of drug-likeness (QED) is 0.864. The summed E-state index contributed by atoms with van der Waals surface area (Å²) in [5.41, 5.74) is 0.794. The van der Waals surface area contributed by atoms with Gasteiger partial charge < -0.3 is 5.32 Å². The number of carbonyl (C=O) groups excluding carboxylic acids is 2. The van der Waals surface area contributed by atoms with Gasteiger partial charge in [-0.2, -0.15) is 0 Å². The van der Waals surface area contributed by atoms with Crippen molar-refractivity contribution in [3.8, 4) is 0 Å². The van der Waals surface area contributed by atoms with Crippen molar-refractivity contribution in [3.63, 3.8) is 0 Å². The van der Waals surface area contributed by atoms with Gasteiger partial charge in [-0.15, -0.1) is 0 Å². The number of hydrogen-bond donors (Lipinski definition) is 2. The van der Waals surface area contributed by atoms with Crippen LogP contribution in [0.5, 0.6) is 0 Å². The molecule has 0 aromatic heterocycles. The molecule has 0 bridgehead atoms. The van der Waals surface area contributed by atoms with Gasteiger partial charge in [-0.25, -0.2) is 4.79 Å². The molecule has 1 fully saturated rings. The third kappa shape index (κ3) is 4.37. The van der Waals surface area contributed by atoms with E-state index >= 15 is 0 Å². The van der Waals surface area contributed by atoms with Crippen molar-refractivity contribution in [2.75, 3.05) is 7.05 Å². The van der Waals surface area contributed by atoms with Crippen LogP contribution in [0, 0.1) is 5.92 Å². The Morgan fingerprint density at radius 2 is 1.91 bits per heavy atom. The van der Waals surface area contributed by atoms with E-state index in [-0.39, 0.29) is 5.91 Å². The van der Waals surface area contributed by atoms with Gasteiger partial charge in [-0.1, -0.05) is 55.0 Å². The van der Waals surface area contributed by atoms with Crippen molar-refractivity contribution in [1.82, 2.24) is 10.6 Å². The van der Waals surface area contributed by atoms with Crippen molar-refractivity contribution in [2.24, 2.45) is 5.92 Å². The van der Waals surface area contributed by atoms with E-state index in [0.29, 0.717) is 16.0 Å². The first kappa shape index (κ1) is 17.1. The maximum Gasteiger partial charge on any atom is 0.321 e. The summed E-state index contributed by atoms with van der Waals surface area (Å²) in [6.07, 6.45) is 5.39. The van der Waals surface area contributed by atoms with E-state index in [4.69, 9.17) is 23.2 Å². The molecule has 0 spiro atoms.